The maximum absolute atomic E-state index is 11.1. The Bertz CT molecular complexity index is 723. The number of benzene rings is 1. The zero-order chi connectivity index (χ0) is 22.9. The molecule has 30 heavy (non-hydrogen) atoms. The molecule has 0 aromatic heterocycles. The Hall–Kier alpha value is -2.44. The van der Waals surface area contributed by atoms with Crippen molar-refractivity contribution in [3.8, 4) is 17.2 Å². The van der Waals surface area contributed by atoms with E-state index >= 15 is 0 Å². The summed E-state index contributed by atoms with van der Waals surface area (Å²) >= 11 is 0. The molecular weight excluding hydrogens is 388 g/mol. The summed E-state index contributed by atoms with van der Waals surface area (Å²) in [7, 11) is 0. The summed E-state index contributed by atoms with van der Waals surface area (Å²) in [4.78, 5) is 21.6. The number of phenols is 3. The van der Waals surface area contributed by atoms with Crippen molar-refractivity contribution in [2.75, 3.05) is 0 Å². The number of carbonyl (C=O) groups excluding carboxylic acids is 1. The molecule has 0 unspecified atom stereocenters. The van der Waals surface area contributed by atoms with Gasteiger partial charge in [0, 0.05) is 5.56 Å². The Kier molecular flexibility index (Phi) is 9.46. The van der Waals surface area contributed by atoms with Gasteiger partial charge in [-0.05, 0) is 84.3 Å². The van der Waals surface area contributed by atoms with Crippen molar-refractivity contribution in [1.82, 2.24) is 0 Å². The van der Waals surface area contributed by atoms with E-state index in [1.807, 2.05) is 13.8 Å². The lowest BCUT2D eigenvalue weighted by Crippen LogP contribution is -2.23. The van der Waals surface area contributed by atoms with Gasteiger partial charge in [0.2, 0.25) is 0 Å². The molecule has 0 amide bonds. The molecule has 7 heteroatoms. The van der Waals surface area contributed by atoms with E-state index in [1.165, 1.54) is 6.07 Å². The van der Waals surface area contributed by atoms with Crippen LogP contribution >= 0.6 is 0 Å². The van der Waals surface area contributed by atoms with Crippen molar-refractivity contribution < 1.29 is 34.8 Å². The largest absolute Gasteiger partial charge is 0.507 e. The monoisotopic (exact) mass is 424 g/mol. The minimum Gasteiger partial charge on any atom is -0.507 e. The summed E-state index contributed by atoms with van der Waals surface area (Å²) in [5.74, 6) is -1.38. The lowest BCUT2D eigenvalue weighted by Gasteiger charge is -2.22. The molecule has 0 radical (unpaired) electrons. The van der Waals surface area contributed by atoms with Crippen LogP contribution in [0.2, 0.25) is 0 Å². The van der Waals surface area contributed by atoms with Crippen LogP contribution in [-0.2, 0) is 27.2 Å². The highest BCUT2D eigenvalue weighted by atomic mass is 16.5. The zero-order valence-electron chi connectivity index (χ0n) is 18.5. The number of carboxylic acid groups (broad SMARTS) is 1. The molecule has 0 atom stereocenters. The van der Waals surface area contributed by atoms with Crippen LogP contribution in [0, 0.1) is 5.41 Å². The highest BCUT2D eigenvalue weighted by molar-refractivity contribution is 5.73. The van der Waals surface area contributed by atoms with Gasteiger partial charge in [-0.15, -0.1) is 0 Å². The number of ether oxygens (including phenoxy) is 1. The van der Waals surface area contributed by atoms with Crippen LogP contribution in [-0.4, -0.2) is 38.5 Å². The maximum Gasteiger partial charge on any atom is 0.309 e. The average Bonchev–Trinajstić information content (AvgIpc) is 2.64. The molecule has 0 saturated carbocycles. The third-order valence-electron chi connectivity index (χ3n) is 5.58. The number of phenolic OH excluding ortho intramolecular Hbond substituents is 3. The lowest BCUT2D eigenvalue weighted by atomic mass is 9.87. The Balaban J connectivity index is 2.63. The van der Waals surface area contributed by atoms with Crippen LogP contribution in [0.3, 0.4) is 0 Å². The fourth-order valence-corrected chi connectivity index (χ4v) is 3.40. The van der Waals surface area contributed by atoms with Crippen LogP contribution < -0.4 is 0 Å². The second kappa shape index (κ2) is 11.1. The third-order valence-corrected chi connectivity index (χ3v) is 5.58. The Labute approximate surface area is 178 Å². The summed E-state index contributed by atoms with van der Waals surface area (Å²) in [5.41, 5.74) is -0.414. The number of aryl methyl sites for hydroxylation is 1. The number of aliphatic carboxylic acids is 1. The van der Waals surface area contributed by atoms with Crippen LogP contribution in [0.25, 0.3) is 0 Å². The molecule has 1 rings (SSSR count). The molecule has 1 aromatic rings. The van der Waals surface area contributed by atoms with Gasteiger partial charge in [-0.2, -0.15) is 0 Å². The van der Waals surface area contributed by atoms with Crippen LogP contribution in [0.4, 0.5) is 0 Å². The molecule has 170 valence electrons. The Morgan fingerprint density at radius 2 is 1.53 bits per heavy atom. The molecule has 0 fully saturated rings. The van der Waals surface area contributed by atoms with Gasteiger partial charge in [-0.25, -0.2) is 0 Å². The third kappa shape index (κ3) is 7.76. The van der Waals surface area contributed by atoms with Crippen molar-refractivity contribution in [2.24, 2.45) is 5.41 Å². The summed E-state index contributed by atoms with van der Waals surface area (Å²) in [6.45, 7) is 7.50. The normalized spacial score (nSPS) is 12.0. The summed E-state index contributed by atoms with van der Waals surface area (Å²) in [6, 6.07) is 1.39. The van der Waals surface area contributed by atoms with Crippen LogP contribution in [0.5, 0.6) is 17.2 Å². The van der Waals surface area contributed by atoms with E-state index in [1.54, 1.807) is 13.8 Å². The van der Waals surface area contributed by atoms with Crippen molar-refractivity contribution in [1.29, 1.82) is 0 Å². The minimum atomic E-state index is -0.823. The lowest BCUT2D eigenvalue weighted by molar-refractivity contribution is -0.147. The molecule has 0 bridgehead atoms. The number of aromatic hydroxyl groups is 3. The molecular formula is C23H36O7. The topological polar surface area (TPSA) is 124 Å². The van der Waals surface area contributed by atoms with E-state index in [0.717, 1.165) is 25.7 Å². The van der Waals surface area contributed by atoms with E-state index in [0.29, 0.717) is 49.7 Å². The second-order valence-corrected chi connectivity index (χ2v) is 9.16. The summed E-state index contributed by atoms with van der Waals surface area (Å²) in [6.07, 6.45) is 5.80. The molecule has 4 N–H and O–H groups in total. The standard InChI is InChI=1S/C23H36O7/c1-22(2,21(28)29)12-8-5-6-11-17-19(26)16(14-18(25)20(17)27)10-7-9-13-23(3,4)30-15-24/h14-15,25-27H,5-13H2,1-4H3,(H,28,29). The van der Waals surface area contributed by atoms with Crippen molar-refractivity contribution in [3.05, 3.63) is 17.2 Å². The van der Waals surface area contributed by atoms with Gasteiger partial charge in [-0.3, -0.25) is 9.59 Å². The van der Waals surface area contributed by atoms with E-state index in [9.17, 15) is 24.9 Å². The Morgan fingerprint density at radius 3 is 2.13 bits per heavy atom. The van der Waals surface area contributed by atoms with Gasteiger partial charge >= 0.3 is 5.97 Å². The van der Waals surface area contributed by atoms with E-state index < -0.39 is 17.0 Å². The number of carbonyl (C=O) groups is 2. The highest BCUT2D eigenvalue weighted by Crippen LogP contribution is 2.40. The molecule has 0 aliphatic rings. The second-order valence-electron chi connectivity index (χ2n) is 9.16. The molecule has 0 aliphatic heterocycles. The van der Waals surface area contributed by atoms with Gasteiger partial charge in [0.25, 0.3) is 6.47 Å². The predicted molar refractivity (Wildman–Crippen MR) is 114 cm³/mol. The van der Waals surface area contributed by atoms with Gasteiger partial charge in [-0.1, -0.05) is 12.8 Å². The molecule has 1 aromatic carbocycles. The molecule has 0 saturated heterocycles. The first kappa shape index (κ1) is 25.6. The first-order valence-electron chi connectivity index (χ1n) is 10.5. The minimum absolute atomic E-state index is 0.000400. The number of carboxylic acids is 1. The quantitative estimate of drug-likeness (QED) is 0.148. The SMILES string of the molecule is CC(C)(CCCCc1cc(O)c(O)c(CCCCCC(C)(C)C(=O)O)c1O)OC=O. The van der Waals surface area contributed by atoms with Gasteiger partial charge in [0.05, 0.1) is 5.41 Å². The van der Waals surface area contributed by atoms with Gasteiger partial charge < -0.3 is 25.2 Å². The van der Waals surface area contributed by atoms with E-state index in [-0.39, 0.29) is 17.2 Å². The fourth-order valence-electron chi connectivity index (χ4n) is 3.40. The van der Waals surface area contributed by atoms with Crippen molar-refractivity contribution in [3.63, 3.8) is 0 Å². The summed E-state index contributed by atoms with van der Waals surface area (Å²) in [5, 5.41) is 39.9. The number of unbranched alkanes of at least 4 members (excludes halogenated alkanes) is 3. The van der Waals surface area contributed by atoms with Crippen molar-refractivity contribution >= 4 is 12.4 Å². The number of rotatable bonds is 14. The predicted octanol–water partition coefficient (Wildman–Crippen LogP) is 4.68. The zero-order valence-corrected chi connectivity index (χ0v) is 18.5. The average molecular weight is 425 g/mol. The van der Waals surface area contributed by atoms with Crippen molar-refractivity contribution in [2.45, 2.75) is 91.1 Å². The number of hydrogen-bond acceptors (Lipinski definition) is 6. The van der Waals surface area contributed by atoms with Crippen LogP contribution in [0.15, 0.2) is 6.07 Å². The fraction of sp³-hybridized carbons (Fsp3) is 0.652. The maximum atomic E-state index is 11.1. The van der Waals surface area contributed by atoms with E-state index in [4.69, 9.17) is 9.84 Å². The highest BCUT2D eigenvalue weighted by Gasteiger charge is 2.26. The molecule has 0 heterocycles. The van der Waals surface area contributed by atoms with Crippen LogP contribution in [0.1, 0.15) is 83.8 Å². The Morgan fingerprint density at radius 1 is 0.933 bits per heavy atom. The smallest absolute Gasteiger partial charge is 0.309 e. The summed E-state index contributed by atoms with van der Waals surface area (Å²) < 4.78 is 5.02. The first-order valence-corrected chi connectivity index (χ1v) is 10.5. The molecule has 7 nitrogen and oxygen atoms in total. The van der Waals surface area contributed by atoms with Gasteiger partial charge in [0.1, 0.15) is 11.4 Å². The first-order chi connectivity index (χ1) is 13.9. The van der Waals surface area contributed by atoms with E-state index in [2.05, 4.69) is 0 Å². The van der Waals surface area contributed by atoms with Gasteiger partial charge in [0.15, 0.2) is 11.5 Å². The molecule has 0 aliphatic carbocycles. The number of hydrogen-bond donors (Lipinski definition) is 4. The molecule has 0 spiro atoms.